The number of hydrogen-bond donors (Lipinski definition) is 1. The Bertz CT molecular complexity index is 510. The van der Waals surface area contributed by atoms with Crippen molar-refractivity contribution in [2.75, 3.05) is 0 Å². The molecule has 88 valence electrons. The van der Waals surface area contributed by atoms with Crippen molar-refractivity contribution in [3.8, 4) is 0 Å². The molecular weight excluding hydrogens is 222 g/mol. The Morgan fingerprint density at radius 3 is 2.82 bits per heavy atom. The zero-order chi connectivity index (χ0) is 12.4. The summed E-state index contributed by atoms with van der Waals surface area (Å²) in [5.74, 6) is -0.287. The van der Waals surface area contributed by atoms with Crippen LogP contribution in [0.4, 0.5) is 5.69 Å². The normalized spacial score (nSPS) is 19.5. The molecule has 1 atom stereocenters. The van der Waals surface area contributed by atoms with Crippen LogP contribution in [0.2, 0.25) is 0 Å². The molecular formula is C11H11N3O3. The number of nitro groups is 1. The van der Waals surface area contributed by atoms with Crippen LogP contribution in [-0.4, -0.2) is 16.5 Å². The van der Waals surface area contributed by atoms with Crippen LogP contribution in [-0.2, 0) is 4.79 Å². The highest BCUT2D eigenvalue weighted by Gasteiger charge is 2.26. The number of nitrogens with one attached hydrogen (secondary N) is 1. The first-order valence-electron chi connectivity index (χ1n) is 5.20. The molecule has 1 heterocycles. The summed E-state index contributed by atoms with van der Waals surface area (Å²) in [6.07, 6.45) is 0.297. The number of hydrogen-bond acceptors (Lipinski definition) is 4. The number of para-hydroxylation sites is 1. The zero-order valence-electron chi connectivity index (χ0n) is 9.21. The monoisotopic (exact) mass is 233 g/mol. The molecule has 1 aromatic carbocycles. The highest BCUT2D eigenvalue weighted by Crippen LogP contribution is 2.24. The number of nitrogens with zero attached hydrogens (tertiary/aromatic N) is 2. The third-order valence-electron chi connectivity index (χ3n) is 2.64. The van der Waals surface area contributed by atoms with Gasteiger partial charge in [0, 0.05) is 18.4 Å². The van der Waals surface area contributed by atoms with Crippen LogP contribution in [0.1, 0.15) is 18.9 Å². The molecule has 0 saturated heterocycles. The van der Waals surface area contributed by atoms with Crippen LogP contribution < -0.4 is 5.43 Å². The Morgan fingerprint density at radius 1 is 1.47 bits per heavy atom. The Balaban J connectivity index is 2.47. The number of hydrazone groups is 1. The van der Waals surface area contributed by atoms with Gasteiger partial charge < -0.3 is 0 Å². The predicted octanol–water partition coefficient (Wildman–Crippen LogP) is 1.45. The van der Waals surface area contributed by atoms with Crippen molar-refractivity contribution in [2.24, 2.45) is 11.0 Å². The Labute approximate surface area is 97.5 Å². The van der Waals surface area contributed by atoms with E-state index in [-0.39, 0.29) is 17.5 Å². The van der Waals surface area contributed by atoms with E-state index in [1.807, 2.05) is 6.92 Å². The van der Waals surface area contributed by atoms with Crippen molar-refractivity contribution >= 4 is 17.3 Å². The molecule has 0 fully saturated rings. The number of nitro benzene ring substituents is 1. The quantitative estimate of drug-likeness (QED) is 0.619. The average molecular weight is 233 g/mol. The third-order valence-corrected chi connectivity index (χ3v) is 2.64. The van der Waals surface area contributed by atoms with E-state index < -0.39 is 4.92 Å². The molecule has 0 aliphatic carbocycles. The third kappa shape index (κ3) is 2.15. The van der Waals surface area contributed by atoms with Gasteiger partial charge in [0.25, 0.3) is 5.69 Å². The van der Waals surface area contributed by atoms with E-state index in [4.69, 9.17) is 0 Å². The number of benzene rings is 1. The van der Waals surface area contributed by atoms with E-state index in [1.54, 1.807) is 18.2 Å². The second-order valence-corrected chi connectivity index (χ2v) is 3.91. The van der Waals surface area contributed by atoms with Crippen molar-refractivity contribution < 1.29 is 9.72 Å². The number of rotatable bonds is 2. The van der Waals surface area contributed by atoms with E-state index in [9.17, 15) is 14.9 Å². The number of amides is 1. The van der Waals surface area contributed by atoms with E-state index in [1.165, 1.54) is 6.07 Å². The molecule has 0 spiro atoms. The fourth-order valence-electron chi connectivity index (χ4n) is 1.83. The van der Waals surface area contributed by atoms with Crippen LogP contribution in [0.15, 0.2) is 29.4 Å². The van der Waals surface area contributed by atoms with Crippen LogP contribution >= 0.6 is 0 Å². The topological polar surface area (TPSA) is 84.6 Å². The van der Waals surface area contributed by atoms with Crippen molar-refractivity contribution in [2.45, 2.75) is 13.3 Å². The molecule has 17 heavy (non-hydrogen) atoms. The van der Waals surface area contributed by atoms with E-state index in [0.29, 0.717) is 17.7 Å². The van der Waals surface area contributed by atoms with Gasteiger partial charge in [0.1, 0.15) is 0 Å². The molecule has 1 amide bonds. The van der Waals surface area contributed by atoms with Crippen LogP contribution in [0, 0.1) is 16.0 Å². The summed E-state index contributed by atoms with van der Waals surface area (Å²) in [5, 5.41) is 14.8. The van der Waals surface area contributed by atoms with Crippen molar-refractivity contribution in [3.05, 3.63) is 39.9 Å². The molecule has 0 saturated carbocycles. The maximum Gasteiger partial charge on any atom is 0.278 e. The van der Waals surface area contributed by atoms with E-state index in [2.05, 4.69) is 10.5 Å². The van der Waals surface area contributed by atoms with Gasteiger partial charge in [-0.05, 0) is 6.07 Å². The highest BCUT2D eigenvalue weighted by atomic mass is 16.6. The highest BCUT2D eigenvalue weighted by molar-refractivity contribution is 6.08. The first-order chi connectivity index (χ1) is 8.09. The molecule has 2 rings (SSSR count). The average Bonchev–Trinajstić information content (AvgIpc) is 2.29. The van der Waals surface area contributed by atoms with E-state index in [0.717, 1.165) is 0 Å². The van der Waals surface area contributed by atoms with E-state index >= 15 is 0 Å². The van der Waals surface area contributed by atoms with Crippen molar-refractivity contribution in [3.63, 3.8) is 0 Å². The first-order valence-corrected chi connectivity index (χ1v) is 5.20. The van der Waals surface area contributed by atoms with Crippen molar-refractivity contribution in [1.29, 1.82) is 0 Å². The van der Waals surface area contributed by atoms with Gasteiger partial charge in [-0.1, -0.05) is 19.1 Å². The van der Waals surface area contributed by atoms with Gasteiger partial charge >= 0.3 is 0 Å². The molecule has 0 aromatic heterocycles. The largest absolute Gasteiger partial charge is 0.278 e. The predicted molar refractivity (Wildman–Crippen MR) is 61.6 cm³/mol. The molecule has 1 aliphatic rings. The minimum absolute atomic E-state index is 0.00856. The molecule has 6 heteroatoms. The lowest BCUT2D eigenvalue weighted by Gasteiger charge is -2.18. The second kappa shape index (κ2) is 4.32. The SMILES string of the molecule is CC1CC(=O)NN=C1c1ccccc1[N+](=O)[O-]. The number of carbonyl (C=O) groups is 1. The Hall–Kier alpha value is -2.24. The van der Waals surface area contributed by atoms with Gasteiger partial charge in [-0.15, -0.1) is 0 Å². The molecule has 1 N–H and O–H groups in total. The standard InChI is InChI=1S/C11H11N3O3/c1-7-6-10(15)12-13-11(7)8-4-2-3-5-9(8)14(16)17/h2-5,7H,6H2,1H3,(H,12,15). The molecule has 1 unspecified atom stereocenters. The minimum atomic E-state index is -0.443. The summed E-state index contributed by atoms with van der Waals surface area (Å²) < 4.78 is 0. The Morgan fingerprint density at radius 2 is 2.18 bits per heavy atom. The molecule has 1 aromatic rings. The summed E-state index contributed by atoms with van der Waals surface area (Å²) in [7, 11) is 0. The maximum atomic E-state index is 11.1. The fourth-order valence-corrected chi connectivity index (χ4v) is 1.83. The second-order valence-electron chi connectivity index (χ2n) is 3.91. The summed E-state index contributed by atoms with van der Waals surface area (Å²) >= 11 is 0. The molecule has 0 radical (unpaired) electrons. The van der Waals surface area contributed by atoms with Gasteiger partial charge in [-0.25, -0.2) is 5.43 Å². The smallest absolute Gasteiger partial charge is 0.273 e. The van der Waals surface area contributed by atoms with Gasteiger partial charge in [0.2, 0.25) is 5.91 Å². The summed E-state index contributed by atoms with van der Waals surface area (Å²) in [4.78, 5) is 21.6. The zero-order valence-corrected chi connectivity index (χ0v) is 9.21. The molecule has 0 bridgehead atoms. The molecule has 6 nitrogen and oxygen atoms in total. The lowest BCUT2D eigenvalue weighted by atomic mass is 9.93. The Kier molecular flexibility index (Phi) is 2.86. The lowest BCUT2D eigenvalue weighted by molar-refractivity contribution is -0.385. The first kappa shape index (κ1) is 11.3. The fraction of sp³-hybridized carbons (Fsp3) is 0.273. The summed E-state index contributed by atoms with van der Waals surface area (Å²) in [6.45, 7) is 1.83. The van der Waals surface area contributed by atoms with Crippen LogP contribution in [0.25, 0.3) is 0 Å². The van der Waals surface area contributed by atoms with Gasteiger partial charge in [-0.3, -0.25) is 14.9 Å². The van der Waals surface area contributed by atoms with Gasteiger partial charge in [0.05, 0.1) is 16.2 Å². The molecule has 1 aliphatic heterocycles. The summed E-state index contributed by atoms with van der Waals surface area (Å²) in [6, 6.07) is 6.40. The van der Waals surface area contributed by atoms with Crippen molar-refractivity contribution in [1.82, 2.24) is 5.43 Å². The van der Waals surface area contributed by atoms with Crippen LogP contribution in [0.3, 0.4) is 0 Å². The van der Waals surface area contributed by atoms with Crippen LogP contribution in [0.5, 0.6) is 0 Å². The maximum absolute atomic E-state index is 11.1. The number of carbonyl (C=O) groups excluding carboxylic acids is 1. The van der Waals surface area contributed by atoms with Gasteiger partial charge in [-0.2, -0.15) is 5.10 Å². The van der Waals surface area contributed by atoms with Gasteiger partial charge in [0.15, 0.2) is 0 Å². The lowest BCUT2D eigenvalue weighted by Crippen LogP contribution is -2.32. The summed E-state index contributed by atoms with van der Waals surface area (Å²) in [5.41, 5.74) is 3.38. The minimum Gasteiger partial charge on any atom is -0.273 e.